The van der Waals surface area contributed by atoms with Crippen LogP contribution in [-0.4, -0.2) is 42.3 Å². The van der Waals surface area contributed by atoms with Crippen molar-refractivity contribution in [3.05, 3.63) is 42.5 Å². The molecule has 2 N–H and O–H groups in total. The van der Waals surface area contributed by atoms with Gasteiger partial charge in [-0.2, -0.15) is 0 Å². The Morgan fingerprint density at radius 3 is 2.76 bits per heavy atom. The SMILES string of the molecule is O=C(CCCOc1cccc2ccccc12)NC1(C(=O)O)CCOC1. The summed E-state index contributed by atoms with van der Waals surface area (Å²) in [5.74, 6) is -0.565. The van der Waals surface area contributed by atoms with Crippen molar-refractivity contribution >= 4 is 22.6 Å². The predicted octanol–water partition coefficient (Wildman–Crippen LogP) is 2.36. The number of ether oxygens (including phenoxy) is 2. The number of carboxylic acids is 1. The largest absolute Gasteiger partial charge is 0.493 e. The summed E-state index contributed by atoms with van der Waals surface area (Å²) >= 11 is 0. The minimum atomic E-state index is -1.28. The summed E-state index contributed by atoms with van der Waals surface area (Å²) in [6.07, 6.45) is 1.01. The monoisotopic (exact) mass is 343 g/mol. The van der Waals surface area contributed by atoms with Crippen molar-refractivity contribution in [1.82, 2.24) is 5.32 Å². The van der Waals surface area contributed by atoms with Gasteiger partial charge in [0.15, 0.2) is 5.54 Å². The molecule has 25 heavy (non-hydrogen) atoms. The average Bonchev–Trinajstić information content (AvgIpc) is 3.08. The molecule has 1 fully saturated rings. The Bertz CT molecular complexity index is 762. The van der Waals surface area contributed by atoms with Crippen LogP contribution in [0.1, 0.15) is 19.3 Å². The molecule has 1 saturated heterocycles. The zero-order chi connectivity index (χ0) is 17.7. The number of amides is 1. The van der Waals surface area contributed by atoms with Crippen molar-refractivity contribution in [2.45, 2.75) is 24.8 Å². The van der Waals surface area contributed by atoms with Crippen LogP contribution in [0.4, 0.5) is 0 Å². The summed E-state index contributed by atoms with van der Waals surface area (Å²) in [6, 6.07) is 13.8. The van der Waals surface area contributed by atoms with Crippen LogP contribution < -0.4 is 10.1 Å². The van der Waals surface area contributed by atoms with Crippen LogP contribution in [0.25, 0.3) is 10.8 Å². The maximum atomic E-state index is 12.0. The lowest BCUT2D eigenvalue weighted by Crippen LogP contribution is -2.55. The van der Waals surface area contributed by atoms with Gasteiger partial charge in [-0.05, 0) is 17.9 Å². The van der Waals surface area contributed by atoms with Crippen LogP contribution in [-0.2, 0) is 14.3 Å². The molecule has 132 valence electrons. The van der Waals surface area contributed by atoms with Gasteiger partial charge in [0.05, 0.1) is 13.2 Å². The smallest absolute Gasteiger partial charge is 0.331 e. The zero-order valence-electron chi connectivity index (χ0n) is 13.9. The Labute approximate surface area is 145 Å². The zero-order valence-corrected chi connectivity index (χ0v) is 13.9. The average molecular weight is 343 g/mol. The molecular weight excluding hydrogens is 322 g/mol. The van der Waals surface area contributed by atoms with Crippen LogP contribution >= 0.6 is 0 Å². The van der Waals surface area contributed by atoms with Gasteiger partial charge < -0.3 is 19.9 Å². The van der Waals surface area contributed by atoms with Crippen molar-refractivity contribution < 1.29 is 24.2 Å². The molecule has 1 aliphatic rings. The topological polar surface area (TPSA) is 84.9 Å². The number of nitrogens with one attached hydrogen (secondary N) is 1. The van der Waals surface area contributed by atoms with Crippen molar-refractivity contribution in [3.63, 3.8) is 0 Å². The van der Waals surface area contributed by atoms with Gasteiger partial charge in [0, 0.05) is 24.8 Å². The lowest BCUT2D eigenvalue weighted by molar-refractivity contribution is -0.147. The van der Waals surface area contributed by atoms with Crippen molar-refractivity contribution in [2.75, 3.05) is 19.8 Å². The van der Waals surface area contributed by atoms with E-state index in [-0.39, 0.29) is 18.9 Å². The molecule has 0 aliphatic carbocycles. The highest BCUT2D eigenvalue weighted by molar-refractivity contribution is 5.88. The summed E-state index contributed by atoms with van der Waals surface area (Å²) < 4.78 is 10.9. The van der Waals surface area contributed by atoms with Gasteiger partial charge in [0.25, 0.3) is 0 Å². The second-order valence-corrected chi connectivity index (χ2v) is 6.17. The maximum Gasteiger partial charge on any atom is 0.331 e. The number of fused-ring (bicyclic) bond motifs is 1. The van der Waals surface area contributed by atoms with Crippen LogP contribution in [0.15, 0.2) is 42.5 Å². The highest BCUT2D eigenvalue weighted by atomic mass is 16.5. The molecule has 0 saturated carbocycles. The molecule has 0 aromatic heterocycles. The molecule has 2 aromatic rings. The Kier molecular flexibility index (Phi) is 5.19. The maximum absolute atomic E-state index is 12.0. The van der Waals surface area contributed by atoms with Gasteiger partial charge in [-0.3, -0.25) is 4.79 Å². The molecule has 1 heterocycles. The standard InChI is InChI=1S/C19H21NO5/c21-17(20-19(18(22)23)10-12-24-13-19)9-4-11-25-16-8-3-6-14-5-1-2-7-15(14)16/h1-3,5-8H,4,9-13H2,(H,20,21)(H,22,23). The van der Waals surface area contributed by atoms with E-state index in [2.05, 4.69) is 5.32 Å². The number of carboxylic acid groups (broad SMARTS) is 1. The Morgan fingerprint density at radius 2 is 2.00 bits per heavy atom. The molecule has 0 spiro atoms. The third-order valence-corrected chi connectivity index (χ3v) is 4.37. The van der Waals surface area contributed by atoms with Crippen molar-refractivity contribution in [2.24, 2.45) is 0 Å². The fourth-order valence-corrected chi connectivity index (χ4v) is 2.95. The molecule has 1 atom stereocenters. The second kappa shape index (κ2) is 7.53. The van der Waals surface area contributed by atoms with E-state index in [9.17, 15) is 14.7 Å². The number of hydrogen-bond acceptors (Lipinski definition) is 4. The highest BCUT2D eigenvalue weighted by Gasteiger charge is 2.43. The minimum Gasteiger partial charge on any atom is -0.493 e. The van der Waals surface area contributed by atoms with Gasteiger partial charge in [0.2, 0.25) is 5.91 Å². The third kappa shape index (κ3) is 3.91. The van der Waals surface area contributed by atoms with Crippen molar-refractivity contribution in [3.8, 4) is 5.75 Å². The molecule has 0 bridgehead atoms. The van der Waals surface area contributed by atoms with E-state index >= 15 is 0 Å². The van der Waals surface area contributed by atoms with Gasteiger partial charge in [-0.1, -0.05) is 36.4 Å². The third-order valence-electron chi connectivity index (χ3n) is 4.37. The molecule has 6 heteroatoms. The number of rotatable bonds is 7. The first kappa shape index (κ1) is 17.2. The fourth-order valence-electron chi connectivity index (χ4n) is 2.95. The van der Waals surface area contributed by atoms with Gasteiger partial charge in [-0.15, -0.1) is 0 Å². The number of carbonyl (C=O) groups is 2. The molecular formula is C19H21NO5. The van der Waals surface area contributed by atoms with Crippen molar-refractivity contribution in [1.29, 1.82) is 0 Å². The molecule has 2 aromatic carbocycles. The number of aliphatic carboxylic acids is 1. The normalized spacial score (nSPS) is 19.7. The quantitative estimate of drug-likeness (QED) is 0.754. The number of benzene rings is 2. The lowest BCUT2D eigenvalue weighted by atomic mass is 9.99. The van der Waals surface area contributed by atoms with Gasteiger partial charge in [-0.25, -0.2) is 4.79 Å². The van der Waals surface area contributed by atoms with Crippen LogP contribution in [0, 0.1) is 0 Å². The Balaban J connectivity index is 1.49. The van der Waals surface area contributed by atoms with E-state index in [1.807, 2.05) is 42.5 Å². The number of hydrogen-bond donors (Lipinski definition) is 2. The second-order valence-electron chi connectivity index (χ2n) is 6.17. The molecule has 3 rings (SSSR count). The van der Waals surface area contributed by atoms with Gasteiger partial charge in [0.1, 0.15) is 5.75 Å². The Hall–Kier alpha value is -2.60. The van der Waals surface area contributed by atoms with Crippen LogP contribution in [0.5, 0.6) is 5.75 Å². The van der Waals surface area contributed by atoms with E-state index < -0.39 is 11.5 Å². The minimum absolute atomic E-state index is 0.0145. The molecule has 1 aliphatic heterocycles. The van der Waals surface area contributed by atoms with E-state index in [1.54, 1.807) is 0 Å². The summed E-state index contributed by atoms with van der Waals surface area (Å²) in [4.78, 5) is 23.4. The molecule has 1 unspecified atom stereocenters. The van der Waals surface area contributed by atoms with E-state index in [0.29, 0.717) is 26.1 Å². The predicted molar refractivity (Wildman–Crippen MR) is 92.6 cm³/mol. The van der Waals surface area contributed by atoms with Crippen LogP contribution in [0.2, 0.25) is 0 Å². The summed E-state index contributed by atoms with van der Waals surface area (Å²) in [5, 5.41) is 14.0. The summed E-state index contributed by atoms with van der Waals surface area (Å²) in [6.45, 7) is 0.745. The van der Waals surface area contributed by atoms with E-state index in [4.69, 9.17) is 9.47 Å². The molecule has 1 amide bonds. The fraction of sp³-hybridized carbons (Fsp3) is 0.368. The molecule has 6 nitrogen and oxygen atoms in total. The Morgan fingerprint density at radius 1 is 1.20 bits per heavy atom. The first-order valence-corrected chi connectivity index (χ1v) is 8.33. The summed E-state index contributed by atoms with van der Waals surface area (Å²) in [7, 11) is 0. The first-order valence-electron chi connectivity index (χ1n) is 8.33. The highest BCUT2D eigenvalue weighted by Crippen LogP contribution is 2.25. The molecule has 0 radical (unpaired) electrons. The number of carbonyl (C=O) groups excluding carboxylic acids is 1. The van der Waals surface area contributed by atoms with E-state index in [0.717, 1.165) is 16.5 Å². The lowest BCUT2D eigenvalue weighted by Gasteiger charge is -2.23. The summed E-state index contributed by atoms with van der Waals surface area (Å²) in [5.41, 5.74) is -1.28. The van der Waals surface area contributed by atoms with Gasteiger partial charge >= 0.3 is 5.97 Å². The van der Waals surface area contributed by atoms with Crippen LogP contribution in [0.3, 0.4) is 0 Å². The first-order chi connectivity index (χ1) is 12.1. The van der Waals surface area contributed by atoms with E-state index in [1.165, 1.54) is 0 Å².